The molecule has 0 radical (unpaired) electrons. The second kappa shape index (κ2) is 4.44. The molecule has 46 valence electrons. The van der Waals surface area contributed by atoms with E-state index in [2.05, 4.69) is 0 Å². The summed E-state index contributed by atoms with van der Waals surface area (Å²) in [6, 6.07) is 0. The maximum absolute atomic E-state index is 9.13. The van der Waals surface area contributed by atoms with Gasteiger partial charge in [0.1, 0.15) is 0 Å². The van der Waals surface area contributed by atoms with E-state index < -0.39 is 5.60 Å². The molecule has 0 aliphatic heterocycles. The Hall–Kier alpha value is 0.557. The molecule has 0 heterocycles. The van der Waals surface area contributed by atoms with Crippen LogP contribution in [0.15, 0.2) is 0 Å². The van der Waals surface area contributed by atoms with Crippen molar-refractivity contribution in [2.75, 3.05) is 0 Å². The van der Waals surface area contributed by atoms with E-state index >= 15 is 0 Å². The molecule has 1 nitrogen and oxygen atoms in total. The van der Waals surface area contributed by atoms with E-state index in [-0.39, 0.29) is 20.3 Å². The number of aliphatic hydroxyl groups is 1. The summed E-state index contributed by atoms with van der Waals surface area (Å²) in [6.07, 6.45) is 1.70. The minimum Gasteiger partial charge on any atom is -1.00 e. The molecule has 0 aromatic heterocycles. The van der Waals surface area contributed by atoms with Gasteiger partial charge < -0.3 is 6.53 Å². The van der Waals surface area contributed by atoms with E-state index in [1.807, 2.05) is 20.8 Å². The van der Waals surface area contributed by atoms with Crippen LogP contribution < -0.4 is 18.9 Å². The number of hydrogen-bond acceptors (Lipinski definition) is 1. The molecule has 1 N–H and O–H groups in total. The van der Waals surface area contributed by atoms with Crippen molar-refractivity contribution in [1.29, 1.82) is 0 Å². The minimum atomic E-state index is -0.417. The summed E-state index contributed by atoms with van der Waals surface area (Å²) in [5, 5.41) is 9.13. The fourth-order valence-electron chi connectivity index (χ4n) is 0.250. The van der Waals surface area contributed by atoms with Gasteiger partial charge in [-0.15, -0.1) is 0 Å². The van der Waals surface area contributed by atoms with Gasteiger partial charge in [0.2, 0.25) is 0 Å². The zero-order chi connectivity index (χ0) is 5.91. The van der Waals surface area contributed by atoms with Crippen molar-refractivity contribution in [3.05, 3.63) is 0 Å². The first-order chi connectivity index (χ1) is 3.12. The Morgan fingerprint density at radius 2 is 1.62 bits per heavy atom. The topological polar surface area (TPSA) is 20.2 Å². The van der Waals surface area contributed by atoms with E-state index in [4.69, 9.17) is 5.11 Å². The predicted octanol–water partition coefficient (Wildman–Crippen LogP) is -1.33. The van der Waals surface area contributed by atoms with Gasteiger partial charge in [-0.1, -0.05) is 13.8 Å². The molecule has 0 aliphatic rings. The van der Waals surface area contributed by atoms with E-state index in [9.17, 15) is 0 Å². The van der Waals surface area contributed by atoms with Gasteiger partial charge in [0.05, 0.1) is 5.60 Å². The molecule has 0 spiro atoms. The summed E-state index contributed by atoms with van der Waals surface area (Å²) in [5.41, 5.74) is -0.417. The standard InChI is InChI=1S/C6H14O.Li.H/c1-4-6(3,7)5-2;;/h7H,4-5H2,1-3H3;;/q;+1;-1. The maximum Gasteiger partial charge on any atom is 1.00 e. The third-order valence-electron chi connectivity index (χ3n) is 1.52. The molecular formula is C6H15LiO. The Morgan fingerprint density at radius 1 is 1.38 bits per heavy atom. The van der Waals surface area contributed by atoms with Gasteiger partial charge in [0.25, 0.3) is 0 Å². The third kappa shape index (κ3) is 4.71. The normalized spacial score (nSPS) is 10.5. The quantitative estimate of drug-likeness (QED) is 0.437. The molecular weight excluding hydrogens is 95.0 g/mol. The van der Waals surface area contributed by atoms with Crippen LogP contribution in [-0.2, 0) is 0 Å². The first-order valence-electron chi connectivity index (χ1n) is 2.84. The monoisotopic (exact) mass is 110 g/mol. The summed E-state index contributed by atoms with van der Waals surface area (Å²) in [7, 11) is 0. The summed E-state index contributed by atoms with van der Waals surface area (Å²) >= 11 is 0. The molecule has 0 atom stereocenters. The molecule has 0 saturated carbocycles. The Kier molecular flexibility index (Phi) is 6.31. The summed E-state index contributed by atoms with van der Waals surface area (Å²) in [6.45, 7) is 5.83. The molecule has 2 heteroatoms. The largest absolute Gasteiger partial charge is 1.00 e. The van der Waals surface area contributed by atoms with E-state index in [0.29, 0.717) is 0 Å². The molecule has 0 fully saturated rings. The molecule has 0 aliphatic carbocycles. The van der Waals surface area contributed by atoms with Gasteiger partial charge in [0, 0.05) is 0 Å². The van der Waals surface area contributed by atoms with Crippen molar-refractivity contribution in [2.24, 2.45) is 0 Å². The minimum absolute atomic E-state index is 0. The van der Waals surface area contributed by atoms with Crippen LogP contribution in [0.25, 0.3) is 0 Å². The molecule has 0 aromatic rings. The van der Waals surface area contributed by atoms with Crippen LogP contribution in [-0.4, -0.2) is 10.7 Å². The molecule has 8 heavy (non-hydrogen) atoms. The molecule has 0 bridgehead atoms. The van der Waals surface area contributed by atoms with Crippen molar-refractivity contribution in [1.82, 2.24) is 0 Å². The second-order valence-corrected chi connectivity index (χ2v) is 2.20. The summed E-state index contributed by atoms with van der Waals surface area (Å²) in [5.74, 6) is 0. The van der Waals surface area contributed by atoms with Crippen molar-refractivity contribution >= 4 is 0 Å². The number of rotatable bonds is 2. The van der Waals surface area contributed by atoms with Gasteiger partial charge in [-0.3, -0.25) is 0 Å². The third-order valence-corrected chi connectivity index (χ3v) is 1.52. The average molecular weight is 110 g/mol. The van der Waals surface area contributed by atoms with Crippen LogP contribution >= 0.6 is 0 Å². The molecule has 0 amide bonds. The zero-order valence-electron chi connectivity index (χ0n) is 7.36. The zero-order valence-corrected chi connectivity index (χ0v) is 6.36. The van der Waals surface area contributed by atoms with Crippen LogP contribution in [0.2, 0.25) is 0 Å². The number of hydrogen-bond donors (Lipinski definition) is 1. The Balaban J connectivity index is -0.000000180. The van der Waals surface area contributed by atoms with Crippen molar-refractivity contribution in [2.45, 2.75) is 39.2 Å². The molecule has 0 rings (SSSR count). The van der Waals surface area contributed by atoms with Crippen LogP contribution in [0.4, 0.5) is 0 Å². The van der Waals surface area contributed by atoms with E-state index in [1.54, 1.807) is 0 Å². The maximum atomic E-state index is 9.13. The van der Waals surface area contributed by atoms with Crippen molar-refractivity contribution in [3.8, 4) is 0 Å². The fraction of sp³-hybridized carbons (Fsp3) is 1.00. The summed E-state index contributed by atoms with van der Waals surface area (Å²) in [4.78, 5) is 0. The van der Waals surface area contributed by atoms with Gasteiger partial charge in [0.15, 0.2) is 0 Å². The van der Waals surface area contributed by atoms with Gasteiger partial charge in [-0.05, 0) is 19.8 Å². The van der Waals surface area contributed by atoms with Gasteiger partial charge in [-0.2, -0.15) is 0 Å². The first kappa shape index (κ1) is 11.4. The van der Waals surface area contributed by atoms with Crippen LogP contribution in [0, 0.1) is 0 Å². The predicted molar refractivity (Wildman–Crippen MR) is 32.3 cm³/mol. The van der Waals surface area contributed by atoms with Crippen LogP contribution in [0.3, 0.4) is 0 Å². The smallest absolute Gasteiger partial charge is 1.00 e. The molecule has 0 saturated heterocycles. The Bertz CT molecular complexity index is 51.0. The molecule has 0 aromatic carbocycles. The first-order valence-corrected chi connectivity index (χ1v) is 2.84. The van der Waals surface area contributed by atoms with Gasteiger partial charge in [-0.25, -0.2) is 0 Å². The summed E-state index contributed by atoms with van der Waals surface area (Å²) < 4.78 is 0. The SMILES string of the molecule is CCC(C)(O)CC.[H-].[Li+]. The average Bonchev–Trinajstić information content (AvgIpc) is 1.68. The molecule has 0 unspecified atom stereocenters. The Labute approximate surface area is 65.1 Å². The van der Waals surface area contributed by atoms with Crippen molar-refractivity contribution < 1.29 is 25.4 Å². The van der Waals surface area contributed by atoms with Crippen LogP contribution in [0.5, 0.6) is 0 Å². The second-order valence-electron chi connectivity index (χ2n) is 2.20. The van der Waals surface area contributed by atoms with Gasteiger partial charge >= 0.3 is 18.9 Å². The fourth-order valence-corrected chi connectivity index (χ4v) is 0.250. The van der Waals surface area contributed by atoms with Crippen molar-refractivity contribution in [3.63, 3.8) is 0 Å². The van der Waals surface area contributed by atoms with E-state index in [1.165, 1.54) is 0 Å². The Morgan fingerprint density at radius 3 is 1.62 bits per heavy atom. The van der Waals surface area contributed by atoms with Crippen LogP contribution in [0.1, 0.15) is 35.0 Å². The van der Waals surface area contributed by atoms with E-state index in [0.717, 1.165) is 12.8 Å².